The third-order valence-corrected chi connectivity index (χ3v) is 3.07. The highest BCUT2D eigenvalue weighted by molar-refractivity contribution is 5.81. The van der Waals surface area contributed by atoms with Crippen molar-refractivity contribution in [2.75, 3.05) is 6.54 Å². The molecule has 0 fully saturated rings. The van der Waals surface area contributed by atoms with Gasteiger partial charge in [0.1, 0.15) is 0 Å². The Bertz CT molecular complexity index is 443. The number of pyridine rings is 1. The molecule has 108 valence electrons. The molecular formula is C14H21N5O. The summed E-state index contributed by atoms with van der Waals surface area (Å²) in [6, 6.07) is 5.61. The standard InChI is InChI=1S/C14H21N5O/c1-2-5-13(14(20)18-16)19(9-4-7-15)11-12-6-3-8-17-10-12/h3,6,8,10,13H,2,4-5,9,11,16H2,1H3,(H,18,20). The van der Waals surface area contributed by atoms with Crippen molar-refractivity contribution >= 4 is 5.91 Å². The van der Waals surface area contributed by atoms with E-state index in [0.717, 1.165) is 12.0 Å². The molecule has 1 atom stereocenters. The van der Waals surface area contributed by atoms with Crippen LogP contribution >= 0.6 is 0 Å². The number of hydrazine groups is 1. The molecule has 0 saturated heterocycles. The van der Waals surface area contributed by atoms with Gasteiger partial charge in [0.2, 0.25) is 0 Å². The van der Waals surface area contributed by atoms with E-state index in [-0.39, 0.29) is 11.9 Å². The second-order valence-corrected chi connectivity index (χ2v) is 4.55. The van der Waals surface area contributed by atoms with Crippen LogP contribution in [0.5, 0.6) is 0 Å². The summed E-state index contributed by atoms with van der Waals surface area (Å²) >= 11 is 0. The number of aromatic nitrogens is 1. The first-order chi connectivity index (χ1) is 9.72. The maximum atomic E-state index is 11.9. The van der Waals surface area contributed by atoms with Crippen molar-refractivity contribution in [2.45, 2.75) is 38.8 Å². The molecule has 20 heavy (non-hydrogen) atoms. The highest BCUT2D eigenvalue weighted by atomic mass is 16.2. The van der Waals surface area contributed by atoms with Crippen molar-refractivity contribution in [1.82, 2.24) is 15.3 Å². The molecule has 6 heteroatoms. The number of nitriles is 1. The Labute approximate surface area is 119 Å². The van der Waals surface area contributed by atoms with Crippen LogP contribution in [0.15, 0.2) is 24.5 Å². The molecule has 1 unspecified atom stereocenters. The van der Waals surface area contributed by atoms with E-state index >= 15 is 0 Å². The molecule has 0 spiro atoms. The maximum absolute atomic E-state index is 11.9. The monoisotopic (exact) mass is 275 g/mol. The van der Waals surface area contributed by atoms with Gasteiger partial charge in [-0.25, -0.2) is 5.84 Å². The zero-order valence-electron chi connectivity index (χ0n) is 11.7. The predicted molar refractivity (Wildman–Crippen MR) is 75.9 cm³/mol. The minimum Gasteiger partial charge on any atom is -0.293 e. The average Bonchev–Trinajstić information content (AvgIpc) is 2.49. The summed E-state index contributed by atoms with van der Waals surface area (Å²) in [4.78, 5) is 18.0. The van der Waals surface area contributed by atoms with E-state index in [1.807, 2.05) is 24.0 Å². The lowest BCUT2D eigenvalue weighted by atomic mass is 10.1. The van der Waals surface area contributed by atoms with Gasteiger partial charge in [0.25, 0.3) is 5.91 Å². The van der Waals surface area contributed by atoms with Gasteiger partial charge in [0, 0.05) is 31.9 Å². The molecule has 0 aromatic carbocycles. The van der Waals surface area contributed by atoms with Crippen molar-refractivity contribution in [3.63, 3.8) is 0 Å². The summed E-state index contributed by atoms with van der Waals surface area (Å²) in [7, 11) is 0. The van der Waals surface area contributed by atoms with E-state index in [1.54, 1.807) is 12.4 Å². The molecule has 3 N–H and O–H groups in total. The molecule has 0 aliphatic carbocycles. The van der Waals surface area contributed by atoms with E-state index in [0.29, 0.717) is 25.9 Å². The van der Waals surface area contributed by atoms with E-state index in [9.17, 15) is 4.79 Å². The summed E-state index contributed by atoms with van der Waals surface area (Å²) in [6.07, 6.45) is 5.42. The molecule has 1 aromatic heterocycles. The zero-order valence-corrected chi connectivity index (χ0v) is 11.7. The predicted octanol–water partition coefficient (Wildman–Crippen LogP) is 0.956. The Hall–Kier alpha value is -1.97. The van der Waals surface area contributed by atoms with Crippen molar-refractivity contribution in [3.05, 3.63) is 30.1 Å². The molecule has 0 aliphatic heterocycles. The van der Waals surface area contributed by atoms with Gasteiger partial charge < -0.3 is 0 Å². The smallest absolute Gasteiger partial charge is 0.251 e. The molecule has 0 aliphatic rings. The molecule has 1 aromatic rings. The van der Waals surface area contributed by atoms with Gasteiger partial charge in [-0.3, -0.25) is 20.1 Å². The maximum Gasteiger partial charge on any atom is 0.251 e. The van der Waals surface area contributed by atoms with Crippen LogP contribution in [0.2, 0.25) is 0 Å². The van der Waals surface area contributed by atoms with Gasteiger partial charge in [0.15, 0.2) is 0 Å². The number of nitrogens with zero attached hydrogens (tertiary/aromatic N) is 3. The zero-order chi connectivity index (χ0) is 14.8. The van der Waals surface area contributed by atoms with Gasteiger partial charge in [-0.2, -0.15) is 5.26 Å². The number of carbonyl (C=O) groups is 1. The summed E-state index contributed by atoms with van der Waals surface area (Å²) in [5.74, 6) is 5.05. The molecule has 1 heterocycles. The van der Waals surface area contributed by atoms with Crippen LogP contribution in [-0.2, 0) is 11.3 Å². The van der Waals surface area contributed by atoms with E-state index in [2.05, 4.69) is 16.5 Å². The highest BCUT2D eigenvalue weighted by Gasteiger charge is 2.24. The van der Waals surface area contributed by atoms with Crippen LogP contribution in [0.25, 0.3) is 0 Å². The fourth-order valence-electron chi connectivity index (χ4n) is 2.11. The first-order valence-electron chi connectivity index (χ1n) is 6.73. The van der Waals surface area contributed by atoms with Crippen LogP contribution < -0.4 is 11.3 Å². The number of hydrogen-bond donors (Lipinski definition) is 2. The van der Waals surface area contributed by atoms with Crippen molar-refractivity contribution < 1.29 is 4.79 Å². The molecule has 6 nitrogen and oxygen atoms in total. The summed E-state index contributed by atoms with van der Waals surface area (Å²) in [5.41, 5.74) is 3.22. The fraction of sp³-hybridized carbons (Fsp3) is 0.500. The summed E-state index contributed by atoms with van der Waals surface area (Å²) < 4.78 is 0. The van der Waals surface area contributed by atoms with Crippen LogP contribution in [-0.4, -0.2) is 28.4 Å². The van der Waals surface area contributed by atoms with Gasteiger partial charge in [-0.15, -0.1) is 0 Å². The quantitative estimate of drug-likeness (QED) is 0.418. The third kappa shape index (κ3) is 4.96. The lowest BCUT2D eigenvalue weighted by molar-refractivity contribution is -0.127. The van der Waals surface area contributed by atoms with Crippen LogP contribution in [0.3, 0.4) is 0 Å². The summed E-state index contributed by atoms with van der Waals surface area (Å²) in [5, 5.41) is 8.77. The van der Waals surface area contributed by atoms with Crippen LogP contribution in [0.4, 0.5) is 0 Å². The van der Waals surface area contributed by atoms with Gasteiger partial charge >= 0.3 is 0 Å². The van der Waals surface area contributed by atoms with Crippen molar-refractivity contribution in [2.24, 2.45) is 5.84 Å². The molecule has 0 saturated carbocycles. The normalized spacial score (nSPS) is 11.9. The number of hydrogen-bond acceptors (Lipinski definition) is 5. The largest absolute Gasteiger partial charge is 0.293 e. The first kappa shape index (κ1) is 16.1. The van der Waals surface area contributed by atoms with E-state index < -0.39 is 0 Å². The highest BCUT2D eigenvalue weighted by Crippen LogP contribution is 2.13. The van der Waals surface area contributed by atoms with Crippen LogP contribution in [0, 0.1) is 11.3 Å². The lowest BCUT2D eigenvalue weighted by Crippen LogP contribution is -2.49. The third-order valence-electron chi connectivity index (χ3n) is 3.07. The van der Waals surface area contributed by atoms with Crippen molar-refractivity contribution in [3.8, 4) is 6.07 Å². The lowest BCUT2D eigenvalue weighted by Gasteiger charge is -2.29. The van der Waals surface area contributed by atoms with E-state index in [4.69, 9.17) is 11.1 Å². The number of nitrogens with one attached hydrogen (secondary N) is 1. The molecule has 1 amide bonds. The van der Waals surface area contributed by atoms with Gasteiger partial charge in [0.05, 0.1) is 12.1 Å². The van der Waals surface area contributed by atoms with E-state index in [1.165, 1.54) is 0 Å². The minimum atomic E-state index is -0.321. The molecule has 1 rings (SSSR count). The first-order valence-corrected chi connectivity index (χ1v) is 6.73. The molecular weight excluding hydrogens is 254 g/mol. The van der Waals surface area contributed by atoms with Crippen LogP contribution in [0.1, 0.15) is 31.7 Å². The second-order valence-electron chi connectivity index (χ2n) is 4.55. The number of carbonyl (C=O) groups excluding carboxylic acids is 1. The fourth-order valence-corrected chi connectivity index (χ4v) is 2.11. The Morgan fingerprint density at radius 1 is 1.65 bits per heavy atom. The minimum absolute atomic E-state index is 0.214. The second kappa shape index (κ2) is 9.02. The Morgan fingerprint density at radius 3 is 3.00 bits per heavy atom. The molecule has 0 radical (unpaired) electrons. The topological polar surface area (TPSA) is 95.0 Å². The van der Waals surface area contributed by atoms with Gasteiger partial charge in [-0.1, -0.05) is 19.4 Å². The number of rotatable bonds is 8. The van der Waals surface area contributed by atoms with Gasteiger partial charge in [-0.05, 0) is 18.1 Å². The number of nitrogens with two attached hydrogens (primary N) is 1. The average molecular weight is 275 g/mol. The van der Waals surface area contributed by atoms with Crippen molar-refractivity contribution in [1.29, 1.82) is 5.26 Å². The summed E-state index contributed by atoms with van der Waals surface area (Å²) in [6.45, 7) is 3.13. The Kier molecular flexibility index (Phi) is 7.25. The Balaban J connectivity index is 2.85. The number of amides is 1. The Morgan fingerprint density at radius 2 is 2.45 bits per heavy atom. The molecule has 0 bridgehead atoms. The SMILES string of the molecule is CCCC(C(=O)NN)N(CCC#N)Cc1cccnc1.